The maximum Gasteiger partial charge on any atom is 0.227 e. The van der Waals surface area contributed by atoms with E-state index in [4.69, 9.17) is 33.8 Å². The Balaban J connectivity index is 0.873. The Morgan fingerprint density at radius 3 is 1.14 bits per heavy atom. The van der Waals surface area contributed by atoms with Gasteiger partial charge < -0.3 is 13.4 Å². The van der Waals surface area contributed by atoms with Crippen LogP contribution in [0.2, 0.25) is 0 Å². The van der Waals surface area contributed by atoms with Crippen LogP contribution in [0.5, 0.6) is 0 Å². The van der Waals surface area contributed by atoms with Gasteiger partial charge >= 0.3 is 0 Å². The SMILES string of the molecule is c1ccc(-n2c3cc4ccccc4cc3c3cc4cc(-c5nc(-c6ccc7cc(-c8nc9ccccc9o8)ccc7c6)nc(-c6ccc7cc(-c8nc9ccccc9o8)ccc7c6)n5)ccc4cc32)cc1. The van der Waals surface area contributed by atoms with Crippen molar-refractivity contribution >= 4 is 87.1 Å². The van der Waals surface area contributed by atoms with Gasteiger partial charge in [0.2, 0.25) is 11.8 Å². The smallest absolute Gasteiger partial charge is 0.227 e. The lowest BCUT2D eigenvalue weighted by molar-refractivity contribution is 0.619. The minimum atomic E-state index is 0.578. The molecule has 4 heterocycles. The molecule has 0 saturated carbocycles. The molecule has 0 aliphatic heterocycles. The zero-order chi connectivity index (χ0) is 46.6. The van der Waals surface area contributed by atoms with Gasteiger partial charge in [-0.25, -0.2) is 24.9 Å². The van der Waals surface area contributed by atoms with Gasteiger partial charge in [-0.3, -0.25) is 0 Å². The van der Waals surface area contributed by atoms with E-state index in [9.17, 15) is 0 Å². The van der Waals surface area contributed by atoms with Crippen LogP contribution in [0.15, 0.2) is 227 Å². The van der Waals surface area contributed by atoms with E-state index in [0.29, 0.717) is 29.3 Å². The van der Waals surface area contributed by atoms with Crippen LogP contribution in [0.4, 0.5) is 0 Å². The monoisotopic (exact) mass is 908 g/mol. The van der Waals surface area contributed by atoms with Gasteiger partial charge in [0.25, 0.3) is 0 Å². The van der Waals surface area contributed by atoms with Crippen molar-refractivity contribution in [1.29, 1.82) is 0 Å². The van der Waals surface area contributed by atoms with Gasteiger partial charge in [0.05, 0.1) is 11.0 Å². The standard InChI is InChI=1S/C63H36N6O2/c1-2-12-50(13-3-1)69-55-35-38-11-5-4-10-37(38)33-51(55)52-34-49-32-46(25-20-43(49)36-56(52)69)61-67-59(44-23-18-41-30-47(26-21-39(41)28-44)62-64-53-14-6-8-16-57(53)70-62)66-60(68-61)45-24-19-42-31-48(27-22-40(42)29-45)63-65-54-15-7-9-17-58(54)71-63/h1-36H. The number of aromatic nitrogens is 6. The number of rotatable bonds is 6. The average Bonchev–Trinajstić information content (AvgIpc) is 4.15. The lowest BCUT2D eigenvalue weighted by atomic mass is 10.0. The van der Waals surface area contributed by atoms with Crippen LogP contribution in [0.1, 0.15) is 0 Å². The Morgan fingerprint density at radius 1 is 0.282 bits per heavy atom. The number of hydrogen-bond acceptors (Lipinski definition) is 7. The van der Waals surface area contributed by atoms with Crippen molar-refractivity contribution in [2.75, 3.05) is 0 Å². The number of benzene rings is 11. The number of fused-ring (bicyclic) bond motifs is 9. The van der Waals surface area contributed by atoms with Crippen molar-refractivity contribution in [3.8, 4) is 62.8 Å². The van der Waals surface area contributed by atoms with E-state index in [2.05, 4.69) is 174 Å². The summed E-state index contributed by atoms with van der Waals surface area (Å²) in [6.45, 7) is 0. The molecule has 0 fully saturated rings. The molecule has 0 aliphatic rings. The zero-order valence-electron chi connectivity index (χ0n) is 37.8. The molecule has 0 amide bonds. The van der Waals surface area contributed by atoms with E-state index in [1.165, 1.54) is 27.1 Å². The maximum atomic E-state index is 6.13. The molecule has 0 N–H and O–H groups in total. The minimum absolute atomic E-state index is 0.578. The van der Waals surface area contributed by atoms with Crippen molar-refractivity contribution in [3.05, 3.63) is 218 Å². The highest BCUT2D eigenvalue weighted by Crippen LogP contribution is 2.39. The maximum absolute atomic E-state index is 6.13. The molecular formula is C63H36N6O2. The zero-order valence-corrected chi connectivity index (χ0v) is 37.8. The predicted octanol–water partition coefficient (Wildman–Crippen LogP) is 16.2. The Bertz CT molecular complexity index is 4420. The molecule has 0 radical (unpaired) electrons. The molecule has 4 aromatic heterocycles. The van der Waals surface area contributed by atoms with E-state index in [0.717, 1.165) is 93.5 Å². The quantitative estimate of drug-likeness (QED) is 0.164. The third-order valence-electron chi connectivity index (χ3n) is 13.8. The summed E-state index contributed by atoms with van der Waals surface area (Å²) in [7, 11) is 0. The van der Waals surface area contributed by atoms with Crippen LogP contribution < -0.4 is 0 Å². The van der Waals surface area contributed by atoms with E-state index < -0.39 is 0 Å². The third-order valence-corrected chi connectivity index (χ3v) is 13.8. The number of nitrogens with zero attached hydrogens (tertiary/aromatic N) is 6. The first-order valence-corrected chi connectivity index (χ1v) is 23.6. The second kappa shape index (κ2) is 15.4. The van der Waals surface area contributed by atoms with Gasteiger partial charge in [0.15, 0.2) is 28.6 Å². The van der Waals surface area contributed by atoms with Crippen LogP contribution in [0.25, 0.3) is 150 Å². The minimum Gasteiger partial charge on any atom is -0.436 e. The van der Waals surface area contributed by atoms with Gasteiger partial charge in [-0.15, -0.1) is 0 Å². The highest BCUT2D eigenvalue weighted by Gasteiger charge is 2.19. The molecule has 0 atom stereocenters. The molecule has 0 spiro atoms. The molecule has 71 heavy (non-hydrogen) atoms. The van der Waals surface area contributed by atoms with Crippen molar-refractivity contribution in [1.82, 2.24) is 29.5 Å². The van der Waals surface area contributed by atoms with Crippen molar-refractivity contribution < 1.29 is 8.83 Å². The number of para-hydroxylation sites is 5. The van der Waals surface area contributed by atoms with Crippen molar-refractivity contribution in [2.24, 2.45) is 0 Å². The molecule has 330 valence electrons. The molecule has 0 unspecified atom stereocenters. The van der Waals surface area contributed by atoms with Gasteiger partial charge in [0.1, 0.15) is 11.0 Å². The molecule has 11 aromatic carbocycles. The van der Waals surface area contributed by atoms with Crippen LogP contribution in [0, 0.1) is 0 Å². The molecular weight excluding hydrogens is 873 g/mol. The van der Waals surface area contributed by atoms with E-state index in [-0.39, 0.29) is 0 Å². The largest absolute Gasteiger partial charge is 0.436 e. The Morgan fingerprint density at radius 2 is 0.648 bits per heavy atom. The summed E-state index contributed by atoms with van der Waals surface area (Å²) < 4.78 is 14.6. The fourth-order valence-electron chi connectivity index (χ4n) is 10.2. The predicted molar refractivity (Wildman–Crippen MR) is 287 cm³/mol. The summed E-state index contributed by atoms with van der Waals surface area (Å²) in [6, 6.07) is 75.9. The molecule has 15 rings (SSSR count). The first-order chi connectivity index (χ1) is 35.1. The molecule has 8 heteroatoms. The summed E-state index contributed by atoms with van der Waals surface area (Å²) in [4.78, 5) is 25.2. The van der Waals surface area contributed by atoms with Crippen LogP contribution in [-0.4, -0.2) is 29.5 Å². The Hall–Kier alpha value is -9.79. The topological polar surface area (TPSA) is 95.7 Å². The normalized spacial score (nSPS) is 11.9. The lowest BCUT2D eigenvalue weighted by Gasteiger charge is -2.11. The summed E-state index contributed by atoms with van der Waals surface area (Å²) in [5.74, 6) is 2.92. The van der Waals surface area contributed by atoms with E-state index >= 15 is 0 Å². The molecule has 15 aromatic rings. The average molecular weight is 909 g/mol. The number of hydrogen-bond donors (Lipinski definition) is 0. The molecule has 0 saturated heterocycles. The van der Waals surface area contributed by atoms with Gasteiger partial charge in [0, 0.05) is 44.3 Å². The first kappa shape index (κ1) is 39.2. The van der Waals surface area contributed by atoms with Gasteiger partial charge in [-0.1, -0.05) is 115 Å². The van der Waals surface area contributed by atoms with Crippen molar-refractivity contribution in [2.45, 2.75) is 0 Å². The third kappa shape index (κ3) is 6.57. The number of oxazole rings is 2. The van der Waals surface area contributed by atoms with Crippen molar-refractivity contribution in [3.63, 3.8) is 0 Å². The Kier molecular flexibility index (Phi) is 8.49. The second-order valence-corrected chi connectivity index (χ2v) is 18.2. The lowest BCUT2D eigenvalue weighted by Crippen LogP contribution is -2.00. The summed E-state index contributed by atoms with van der Waals surface area (Å²) in [5.41, 5.74) is 11.1. The van der Waals surface area contributed by atoms with Gasteiger partial charge in [-0.05, 0) is 146 Å². The molecule has 8 nitrogen and oxygen atoms in total. The van der Waals surface area contributed by atoms with Crippen LogP contribution in [-0.2, 0) is 0 Å². The Labute approximate surface area is 404 Å². The fraction of sp³-hybridized carbons (Fsp3) is 0. The van der Waals surface area contributed by atoms with E-state index in [1.807, 2.05) is 48.5 Å². The van der Waals surface area contributed by atoms with Gasteiger partial charge in [-0.2, -0.15) is 0 Å². The summed E-state index contributed by atoms with van der Waals surface area (Å²) >= 11 is 0. The second-order valence-electron chi connectivity index (χ2n) is 18.2. The highest BCUT2D eigenvalue weighted by atomic mass is 16.4. The summed E-state index contributed by atoms with van der Waals surface area (Å²) in [5, 5.41) is 11.2. The van der Waals surface area contributed by atoms with Crippen LogP contribution >= 0.6 is 0 Å². The molecule has 0 bridgehead atoms. The fourth-order valence-corrected chi connectivity index (χ4v) is 10.2. The first-order valence-electron chi connectivity index (χ1n) is 23.6. The summed E-state index contributed by atoms with van der Waals surface area (Å²) in [6.07, 6.45) is 0. The van der Waals surface area contributed by atoms with Crippen LogP contribution in [0.3, 0.4) is 0 Å². The van der Waals surface area contributed by atoms with E-state index in [1.54, 1.807) is 0 Å². The highest BCUT2D eigenvalue weighted by molar-refractivity contribution is 6.17. The molecule has 0 aliphatic carbocycles.